The highest BCUT2D eigenvalue weighted by atomic mass is 16.6. The second-order valence-corrected chi connectivity index (χ2v) is 3.73. The Bertz CT molecular complexity index is 438. The number of hydrogen-bond acceptors (Lipinski definition) is 4. The zero-order valence-electron chi connectivity index (χ0n) is 9.77. The monoisotopic (exact) mass is 233 g/mol. The summed E-state index contributed by atoms with van der Waals surface area (Å²) in [6.07, 6.45) is 3.18. The molecule has 0 atom stereocenters. The van der Waals surface area contributed by atoms with Crippen LogP contribution in [0.4, 0.5) is 11.4 Å². The molecular formula is C12H15N3O2. The van der Waals surface area contributed by atoms with Gasteiger partial charge in [-0.15, -0.1) is 0 Å². The molecule has 1 rings (SSSR count). The van der Waals surface area contributed by atoms with Crippen LogP contribution in [0.2, 0.25) is 0 Å². The van der Waals surface area contributed by atoms with E-state index in [-0.39, 0.29) is 5.69 Å². The van der Waals surface area contributed by atoms with Gasteiger partial charge < -0.3 is 5.32 Å². The summed E-state index contributed by atoms with van der Waals surface area (Å²) in [6.45, 7) is 2.81. The van der Waals surface area contributed by atoms with Crippen molar-refractivity contribution in [3.8, 4) is 6.07 Å². The minimum absolute atomic E-state index is 0.0412. The first-order chi connectivity index (χ1) is 8.19. The molecule has 17 heavy (non-hydrogen) atoms. The summed E-state index contributed by atoms with van der Waals surface area (Å²) in [4.78, 5) is 10.4. The highest BCUT2D eigenvalue weighted by Crippen LogP contribution is 2.25. The minimum atomic E-state index is -0.469. The molecule has 0 radical (unpaired) electrons. The van der Waals surface area contributed by atoms with E-state index in [1.165, 1.54) is 6.07 Å². The number of nitro benzene ring substituents is 1. The van der Waals surface area contributed by atoms with Crippen LogP contribution in [0.3, 0.4) is 0 Å². The van der Waals surface area contributed by atoms with Gasteiger partial charge in [-0.2, -0.15) is 5.26 Å². The Kier molecular flexibility index (Phi) is 4.95. The van der Waals surface area contributed by atoms with Crippen LogP contribution in [0.5, 0.6) is 0 Å². The van der Waals surface area contributed by atoms with E-state index < -0.39 is 4.92 Å². The topological polar surface area (TPSA) is 79.0 Å². The van der Waals surface area contributed by atoms with Gasteiger partial charge in [-0.25, -0.2) is 0 Å². The summed E-state index contributed by atoms with van der Waals surface area (Å²) < 4.78 is 0. The van der Waals surface area contributed by atoms with E-state index in [0.717, 1.165) is 19.3 Å². The van der Waals surface area contributed by atoms with Gasteiger partial charge in [0.25, 0.3) is 5.69 Å². The number of rotatable bonds is 6. The highest BCUT2D eigenvalue weighted by Gasteiger charge is 2.13. The van der Waals surface area contributed by atoms with E-state index >= 15 is 0 Å². The smallest absolute Gasteiger partial charge is 0.293 e. The zero-order chi connectivity index (χ0) is 12.7. The van der Waals surface area contributed by atoms with Crippen LogP contribution in [-0.4, -0.2) is 11.5 Å². The SMILES string of the molecule is CCCCCNc1ccc(C#N)cc1[N+](=O)[O-]. The van der Waals surface area contributed by atoms with Crippen LogP contribution >= 0.6 is 0 Å². The predicted molar refractivity (Wildman–Crippen MR) is 65.8 cm³/mol. The van der Waals surface area contributed by atoms with Crippen molar-refractivity contribution in [3.63, 3.8) is 0 Å². The maximum Gasteiger partial charge on any atom is 0.293 e. The maximum absolute atomic E-state index is 10.8. The maximum atomic E-state index is 10.8. The number of nitro groups is 1. The molecule has 5 nitrogen and oxygen atoms in total. The standard InChI is InChI=1S/C12H15N3O2/c1-2-3-4-7-14-11-6-5-10(9-13)8-12(11)15(16)17/h5-6,8,14H,2-4,7H2,1H3. The lowest BCUT2D eigenvalue weighted by atomic mass is 10.2. The molecule has 0 saturated heterocycles. The van der Waals surface area contributed by atoms with Gasteiger partial charge in [0.2, 0.25) is 0 Å². The van der Waals surface area contributed by atoms with Crippen LogP contribution in [0.15, 0.2) is 18.2 Å². The average molecular weight is 233 g/mol. The quantitative estimate of drug-likeness (QED) is 0.465. The number of nitrogens with zero attached hydrogens (tertiary/aromatic N) is 2. The molecule has 0 aliphatic carbocycles. The van der Waals surface area contributed by atoms with E-state index in [2.05, 4.69) is 12.2 Å². The molecular weight excluding hydrogens is 218 g/mol. The van der Waals surface area contributed by atoms with E-state index in [1.54, 1.807) is 12.1 Å². The van der Waals surface area contributed by atoms with Crippen molar-refractivity contribution in [2.75, 3.05) is 11.9 Å². The van der Waals surface area contributed by atoms with E-state index in [1.807, 2.05) is 6.07 Å². The van der Waals surface area contributed by atoms with Crippen molar-refractivity contribution in [1.29, 1.82) is 5.26 Å². The van der Waals surface area contributed by atoms with Crippen LogP contribution in [0.25, 0.3) is 0 Å². The molecule has 1 aromatic rings. The fourth-order valence-electron chi connectivity index (χ4n) is 1.50. The molecule has 0 spiro atoms. The number of nitrogens with one attached hydrogen (secondary N) is 1. The van der Waals surface area contributed by atoms with Gasteiger partial charge in [0.05, 0.1) is 16.6 Å². The van der Waals surface area contributed by atoms with Gasteiger partial charge in [0, 0.05) is 12.6 Å². The lowest BCUT2D eigenvalue weighted by molar-refractivity contribution is -0.384. The average Bonchev–Trinajstić information content (AvgIpc) is 2.34. The fourth-order valence-corrected chi connectivity index (χ4v) is 1.50. The number of unbranched alkanes of at least 4 members (excludes halogenated alkanes) is 2. The van der Waals surface area contributed by atoms with E-state index in [4.69, 9.17) is 5.26 Å². The van der Waals surface area contributed by atoms with E-state index in [0.29, 0.717) is 17.8 Å². The largest absolute Gasteiger partial charge is 0.379 e. The molecule has 0 aliphatic rings. The molecule has 0 aromatic heterocycles. The molecule has 0 amide bonds. The van der Waals surface area contributed by atoms with Crippen LogP contribution in [0, 0.1) is 21.4 Å². The first kappa shape index (κ1) is 13.0. The Hall–Kier alpha value is -2.09. The Morgan fingerprint density at radius 2 is 2.24 bits per heavy atom. The molecule has 0 heterocycles. The molecule has 5 heteroatoms. The molecule has 0 fully saturated rings. The highest BCUT2D eigenvalue weighted by molar-refractivity contribution is 5.63. The van der Waals surface area contributed by atoms with Gasteiger partial charge in [0.15, 0.2) is 0 Å². The number of benzene rings is 1. The van der Waals surface area contributed by atoms with Crippen molar-refractivity contribution in [2.45, 2.75) is 26.2 Å². The molecule has 0 aliphatic heterocycles. The summed E-state index contributed by atoms with van der Waals surface area (Å²) in [5, 5.41) is 22.6. The molecule has 90 valence electrons. The molecule has 1 N–H and O–H groups in total. The van der Waals surface area contributed by atoms with Crippen molar-refractivity contribution in [3.05, 3.63) is 33.9 Å². The third kappa shape index (κ3) is 3.76. The summed E-state index contributed by atoms with van der Waals surface area (Å²) in [7, 11) is 0. The first-order valence-electron chi connectivity index (χ1n) is 5.61. The Morgan fingerprint density at radius 3 is 2.82 bits per heavy atom. The summed E-state index contributed by atoms with van der Waals surface area (Å²) in [5.41, 5.74) is 0.737. The van der Waals surface area contributed by atoms with Gasteiger partial charge >= 0.3 is 0 Å². The Labute approximate surface area is 100 Å². The van der Waals surface area contributed by atoms with Crippen molar-refractivity contribution >= 4 is 11.4 Å². The predicted octanol–water partition coefficient (Wildman–Crippen LogP) is 3.07. The summed E-state index contributed by atoms with van der Waals surface area (Å²) in [5.74, 6) is 0. The number of nitriles is 1. The van der Waals surface area contributed by atoms with Crippen molar-refractivity contribution < 1.29 is 4.92 Å². The first-order valence-corrected chi connectivity index (χ1v) is 5.61. The van der Waals surface area contributed by atoms with Crippen LogP contribution in [0.1, 0.15) is 31.7 Å². The molecule has 1 aromatic carbocycles. The third-order valence-electron chi connectivity index (χ3n) is 2.42. The van der Waals surface area contributed by atoms with Crippen LogP contribution < -0.4 is 5.32 Å². The second kappa shape index (κ2) is 6.48. The molecule has 0 unspecified atom stereocenters. The minimum Gasteiger partial charge on any atom is -0.379 e. The van der Waals surface area contributed by atoms with Gasteiger partial charge in [0.1, 0.15) is 5.69 Å². The van der Waals surface area contributed by atoms with Crippen LogP contribution in [-0.2, 0) is 0 Å². The van der Waals surface area contributed by atoms with Gasteiger partial charge in [-0.1, -0.05) is 19.8 Å². The lowest BCUT2D eigenvalue weighted by Crippen LogP contribution is -2.04. The third-order valence-corrected chi connectivity index (χ3v) is 2.42. The van der Waals surface area contributed by atoms with Gasteiger partial charge in [-0.05, 0) is 18.6 Å². The zero-order valence-corrected chi connectivity index (χ0v) is 9.77. The van der Waals surface area contributed by atoms with E-state index in [9.17, 15) is 10.1 Å². The number of anilines is 1. The van der Waals surface area contributed by atoms with Crippen molar-refractivity contribution in [1.82, 2.24) is 0 Å². The molecule has 0 saturated carbocycles. The Balaban J connectivity index is 2.77. The molecule has 0 bridgehead atoms. The normalized spacial score (nSPS) is 9.65. The van der Waals surface area contributed by atoms with Gasteiger partial charge in [-0.3, -0.25) is 10.1 Å². The number of hydrogen-bond donors (Lipinski definition) is 1. The fraction of sp³-hybridized carbons (Fsp3) is 0.417. The van der Waals surface area contributed by atoms with Crippen molar-refractivity contribution in [2.24, 2.45) is 0 Å². The summed E-state index contributed by atoms with van der Waals surface area (Å²) >= 11 is 0. The Morgan fingerprint density at radius 1 is 1.47 bits per heavy atom. The lowest BCUT2D eigenvalue weighted by Gasteiger charge is -2.06. The summed E-state index contributed by atoms with van der Waals surface area (Å²) in [6, 6.07) is 6.35. The second-order valence-electron chi connectivity index (χ2n) is 3.73.